The van der Waals surface area contributed by atoms with Gasteiger partial charge < -0.3 is 19.0 Å². The molecule has 1 rings (SSSR count). The normalized spacial score (nSPS) is 15.1. The van der Waals surface area contributed by atoms with Crippen molar-refractivity contribution in [2.45, 2.75) is 66.1 Å². The van der Waals surface area contributed by atoms with Crippen molar-refractivity contribution in [3.8, 4) is 5.95 Å². The van der Waals surface area contributed by atoms with Crippen LogP contribution in [0.15, 0.2) is 32.5 Å². The minimum absolute atomic E-state index is 0.0212. The lowest BCUT2D eigenvalue weighted by molar-refractivity contribution is 0.122. The van der Waals surface area contributed by atoms with Crippen molar-refractivity contribution in [2.24, 2.45) is 0 Å². The second-order valence-corrected chi connectivity index (χ2v) is 6.76. The van der Waals surface area contributed by atoms with Gasteiger partial charge in [0.1, 0.15) is 5.76 Å². The van der Waals surface area contributed by atoms with Gasteiger partial charge in [-0.05, 0) is 53.0 Å². The summed E-state index contributed by atoms with van der Waals surface area (Å²) in [6, 6.07) is 0. The highest BCUT2D eigenvalue weighted by Gasteiger charge is 2.14. The molecule has 5 nitrogen and oxygen atoms in total. The van der Waals surface area contributed by atoms with E-state index in [1.807, 2.05) is 13.0 Å². The molecule has 0 aliphatic carbocycles. The summed E-state index contributed by atoms with van der Waals surface area (Å²) in [6.45, 7) is 9.24. The van der Waals surface area contributed by atoms with Gasteiger partial charge in [0.05, 0.1) is 24.9 Å². The van der Waals surface area contributed by atoms with Crippen LogP contribution in [0.5, 0.6) is 5.95 Å². The average molecular weight is 364 g/mol. The van der Waals surface area contributed by atoms with E-state index in [1.165, 1.54) is 12.7 Å². The van der Waals surface area contributed by atoms with Gasteiger partial charge in [-0.1, -0.05) is 17.7 Å². The molecular weight excluding hydrogens is 332 g/mol. The molecule has 0 spiro atoms. The smallest absolute Gasteiger partial charge is 0.291 e. The summed E-state index contributed by atoms with van der Waals surface area (Å²) in [5, 5.41) is 9.48. The predicted molar refractivity (Wildman–Crippen MR) is 104 cm³/mol. The van der Waals surface area contributed by atoms with Gasteiger partial charge in [-0.2, -0.15) is 0 Å². The highest BCUT2D eigenvalue weighted by atomic mass is 16.6. The summed E-state index contributed by atoms with van der Waals surface area (Å²) >= 11 is 0. The number of ether oxygens (including phenoxy) is 2. The molecule has 0 amide bonds. The quantitative estimate of drug-likeness (QED) is 0.674. The number of aliphatic hydroxyl groups is 1. The second-order valence-electron chi connectivity index (χ2n) is 6.76. The van der Waals surface area contributed by atoms with E-state index >= 15 is 0 Å². The van der Waals surface area contributed by atoms with E-state index in [1.54, 1.807) is 27.9 Å². The number of allylic oxidation sites excluding steroid dienone is 2. The Balaban J connectivity index is 2.81. The molecule has 0 aromatic carbocycles. The van der Waals surface area contributed by atoms with Crippen molar-refractivity contribution in [2.75, 3.05) is 14.2 Å². The van der Waals surface area contributed by atoms with E-state index in [0.717, 1.165) is 18.4 Å². The molecule has 2 atom stereocenters. The van der Waals surface area contributed by atoms with Crippen LogP contribution in [0.4, 0.5) is 0 Å². The lowest BCUT2D eigenvalue weighted by Crippen LogP contribution is -2.14. The summed E-state index contributed by atoms with van der Waals surface area (Å²) < 4.78 is 16.4. The molecular formula is C21H32O5. The van der Waals surface area contributed by atoms with Gasteiger partial charge in [-0.15, -0.1) is 0 Å². The number of aliphatic hydroxyl groups excluding tert-OH is 1. The highest BCUT2D eigenvalue weighted by Crippen LogP contribution is 2.21. The van der Waals surface area contributed by atoms with Crippen LogP contribution in [0.25, 0.3) is 0 Å². The number of hydrogen-bond donors (Lipinski definition) is 1. The summed E-state index contributed by atoms with van der Waals surface area (Å²) in [5.41, 5.74) is 3.31. The largest absolute Gasteiger partial charge is 0.468 e. The molecule has 0 aliphatic heterocycles. The molecule has 0 bridgehead atoms. The number of hydrogen-bond acceptors (Lipinski definition) is 5. The SMILES string of the molecule is COc1oc(C/C=C(\C)CCC(OC)/C(C)=C/C(C)O)c(C)c(=O)c1C. The maximum Gasteiger partial charge on any atom is 0.291 e. The first-order valence-corrected chi connectivity index (χ1v) is 8.93. The molecule has 26 heavy (non-hydrogen) atoms. The van der Waals surface area contributed by atoms with Gasteiger partial charge in [0.2, 0.25) is 0 Å². The molecule has 0 aliphatic rings. The Morgan fingerprint density at radius 3 is 2.42 bits per heavy atom. The minimum atomic E-state index is -0.480. The van der Waals surface area contributed by atoms with Crippen molar-refractivity contribution < 1.29 is 19.0 Å². The predicted octanol–water partition coefficient (Wildman–Crippen LogP) is 3.88. The monoisotopic (exact) mass is 364 g/mol. The fourth-order valence-electron chi connectivity index (χ4n) is 2.90. The van der Waals surface area contributed by atoms with E-state index in [0.29, 0.717) is 23.3 Å². The highest BCUT2D eigenvalue weighted by molar-refractivity contribution is 5.30. The second kappa shape index (κ2) is 10.3. The van der Waals surface area contributed by atoms with E-state index < -0.39 is 6.10 Å². The minimum Gasteiger partial charge on any atom is -0.468 e. The van der Waals surface area contributed by atoms with Gasteiger partial charge in [0, 0.05) is 19.1 Å². The zero-order valence-corrected chi connectivity index (χ0v) is 17.0. The van der Waals surface area contributed by atoms with Crippen LogP contribution in [0, 0.1) is 13.8 Å². The summed E-state index contributed by atoms with van der Waals surface area (Å²) in [6.07, 6.45) is 5.61. The van der Waals surface area contributed by atoms with Crippen LogP contribution < -0.4 is 10.2 Å². The molecule has 1 heterocycles. The van der Waals surface area contributed by atoms with Gasteiger partial charge in [-0.3, -0.25) is 4.79 Å². The summed E-state index contributed by atoms with van der Waals surface area (Å²) in [4.78, 5) is 12.2. The van der Waals surface area contributed by atoms with Crippen LogP contribution in [0.3, 0.4) is 0 Å². The Morgan fingerprint density at radius 1 is 1.23 bits per heavy atom. The summed E-state index contributed by atoms with van der Waals surface area (Å²) in [5.74, 6) is 0.908. The Morgan fingerprint density at radius 2 is 1.88 bits per heavy atom. The van der Waals surface area contributed by atoms with E-state index in [2.05, 4.69) is 13.0 Å². The van der Waals surface area contributed by atoms with Crippen LogP contribution in [0.2, 0.25) is 0 Å². The molecule has 0 saturated carbocycles. The molecule has 1 N–H and O–H groups in total. The third kappa shape index (κ3) is 6.15. The molecule has 0 fully saturated rings. The Kier molecular flexibility index (Phi) is 8.82. The van der Waals surface area contributed by atoms with Crippen molar-refractivity contribution in [3.63, 3.8) is 0 Å². The lowest BCUT2D eigenvalue weighted by atomic mass is 10.0. The van der Waals surface area contributed by atoms with E-state index in [-0.39, 0.29) is 17.5 Å². The third-order valence-corrected chi connectivity index (χ3v) is 4.54. The van der Waals surface area contributed by atoms with E-state index in [9.17, 15) is 9.90 Å². The van der Waals surface area contributed by atoms with Crippen LogP contribution >= 0.6 is 0 Å². The first kappa shape index (κ1) is 22.2. The fraction of sp³-hybridized carbons (Fsp3) is 0.571. The maximum atomic E-state index is 12.2. The Labute approximate surface area is 156 Å². The first-order valence-electron chi connectivity index (χ1n) is 8.93. The first-order chi connectivity index (χ1) is 12.2. The summed E-state index contributed by atoms with van der Waals surface area (Å²) in [7, 11) is 3.18. The van der Waals surface area contributed by atoms with Gasteiger partial charge in [0.15, 0.2) is 5.43 Å². The number of rotatable bonds is 9. The molecule has 0 radical (unpaired) electrons. The molecule has 1 aromatic heterocycles. The molecule has 0 saturated heterocycles. The standard InChI is InChI=1S/C21H32O5/c1-13(8-10-18(24-6)14(2)12-15(3)22)9-11-19-16(4)20(23)17(5)21(25-7)26-19/h9,12,15,18,22H,8,10-11H2,1-7H3/b13-9+,14-12+. The zero-order valence-electron chi connectivity index (χ0n) is 17.0. The van der Waals surface area contributed by atoms with Crippen molar-refractivity contribution in [3.05, 3.63) is 50.4 Å². The molecule has 1 aromatic rings. The van der Waals surface area contributed by atoms with Crippen molar-refractivity contribution in [1.82, 2.24) is 0 Å². The van der Waals surface area contributed by atoms with Gasteiger partial charge in [-0.25, -0.2) is 0 Å². The van der Waals surface area contributed by atoms with Crippen LogP contribution in [-0.2, 0) is 11.2 Å². The zero-order chi connectivity index (χ0) is 19.9. The van der Waals surface area contributed by atoms with Gasteiger partial charge >= 0.3 is 0 Å². The van der Waals surface area contributed by atoms with E-state index in [4.69, 9.17) is 13.9 Å². The third-order valence-electron chi connectivity index (χ3n) is 4.54. The maximum absolute atomic E-state index is 12.2. The van der Waals surface area contributed by atoms with Crippen LogP contribution in [0.1, 0.15) is 50.5 Å². The van der Waals surface area contributed by atoms with Crippen molar-refractivity contribution in [1.29, 1.82) is 0 Å². The topological polar surface area (TPSA) is 68.9 Å². The van der Waals surface area contributed by atoms with Gasteiger partial charge in [0.25, 0.3) is 5.95 Å². The Hall–Kier alpha value is -1.85. The molecule has 2 unspecified atom stereocenters. The molecule has 5 heteroatoms. The lowest BCUT2D eigenvalue weighted by Gasteiger charge is -2.17. The van der Waals surface area contributed by atoms with Crippen LogP contribution in [-0.4, -0.2) is 31.5 Å². The van der Waals surface area contributed by atoms with Crippen molar-refractivity contribution >= 4 is 0 Å². The average Bonchev–Trinajstić information content (AvgIpc) is 2.59. The molecule has 146 valence electrons. The number of methoxy groups -OCH3 is 2. The Bertz CT molecular complexity index is 710. The fourth-order valence-corrected chi connectivity index (χ4v) is 2.90.